The maximum atomic E-state index is 12.6. The highest BCUT2D eigenvalue weighted by Gasteiger charge is 2.39. The molecule has 2 aliphatic rings. The van der Waals surface area contributed by atoms with Crippen molar-refractivity contribution in [2.75, 3.05) is 12.3 Å². The number of carbonyl (C=O) groups excluding carboxylic acids is 1. The normalized spacial score (nSPS) is 20.9. The van der Waals surface area contributed by atoms with Crippen LogP contribution in [0.15, 0.2) is 29.2 Å². The third-order valence-corrected chi connectivity index (χ3v) is 4.76. The third-order valence-electron chi connectivity index (χ3n) is 3.57. The number of amides is 1. The van der Waals surface area contributed by atoms with E-state index in [1.54, 1.807) is 16.7 Å². The molecule has 1 aliphatic carbocycles. The molecule has 1 saturated carbocycles. The highest BCUT2D eigenvalue weighted by Crippen LogP contribution is 2.41. The quantitative estimate of drug-likeness (QED) is 0.914. The molecule has 0 unspecified atom stereocenters. The molecule has 3 rings (SSSR count). The van der Waals surface area contributed by atoms with Gasteiger partial charge >= 0.3 is 5.97 Å². The lowest BCUT2D eigenvalue weighted by molar-refractivity contribution is -0.145. The molecule has 1 amide bonds. The molecular weight excluding hydrogens is 262 g/mol. The van der Waals surface area contributed by atoms with Crippen LogP contribution in [0.3, 0.4) is 0 Å². The average molecular weight is 277 g/mol. The average Bonchev–Trinajstić information content (AvgIpc) is 3.14. The summed E-state index contributed by atoms with van der Waals surface area (Å²) in [7, 11) is 0. The zero-order valence-electron chi connectivity index (χ0n) is 10.4. The third kappa shape index (κ3) is 2.47. The minimum atomic E-state index is -0.931. The van der Waals surface area contributed by atoms with Gasteiger partial charge in [-0.05, 0) is 24.5 Å². The molecule has 0 bridgehead atoms. The van der Waals surface area contributed by atoms with Crippen LogP contribution in [0.4, 0.5) is 0 Å². The summed E-state index contributed by atoms with van der Waals surface area (Å²) in [6, 6.07) is 8.04. The Balaban J connectivity index is 1.81. The van der Waals surface area contributed by atoms with Gasteiger partial charge < -0.3 is 10.0 Å². The van der Waals surface area contributed by atoms with Crippen molar-refractivity contribution in [3.63, 3.8) is 0 Å². The fraction of sp³-hybridized carbons (Fsp3) is 0.429. The van der Waals surface area contributed by atoms with Gasteiger partial charge in [-0.15, -0.1) is 11.8 Å². The summed E-state index contributed by atoms with van der Waals surface area (Å²) in [5, 5.41) is 8.95. The van der Waals surface area contributed by atoms with Gasteiger partial charge in [0.15, 0.2) is 0 Å². The van der Waals surface area contributed by atoms with Crippen molar-refractivity contribution in [1.82, 2.24) is 4.90 Å². The SMILES string of the molecule is O=C(O)CN(C(=O)[C@H]1CSc2ccccc21)C1CC1. The summed E-state index contributed by atoms with van der Waals surface area (Å²) < 4.78 is 0. The van der Waals surface area contributed by atoms with Crippen molar-refractivity contribution in [2.45, 2.75) is 29.7 Å². The molecule has 0 aromatic heterocycles. The summed E-state index contributed by atoms with van der Waals surface area (Å²) in [5.74, 6) is -0.413. The van der Waals surface area contributed by atoms with Crippen LogP contribution in [0.1, 0.15) is 24.3 Å². The zero-order chi connectivity index (χ0) is 13.4. The van der Waals surface area contributed by atoms with Gasteiger partial charge in [0, 0.05) is 16.7 Å². The maximum Gasteiger partial charge on any atom is 0.323 e. The second-order valence-electron chi connectivity index (χ2n) is 4.99. The molecule has 100 valence electrons. The fourth-order valence-corrected chi connectivity index (χ4v) is 3.71. The van der Waals surface area contributed by atoms with Gasteiger partial charge in [0.1, 0.15) is 6.54 Å². The number of thioether (sulfide) groups is 1. The summed E-state index contributed by atoms with van der Waals surface area (Å²) in [6.45, 7) is -0.174. The van der Waals surface area contributed by atoms with Crippen LogP contribution < -0.4 is 0 Å². The van der Waals surface area contributed by atoms with Crippen molar-refractivity contribution in [3.8, 4) is 0 Å². The van der Waals surface area contributed by atoms with Gasteiger partial charge in [-0.2, -0.15) is 0 Å². The number of nitrogens with zero attached hydrogens (tertiary/aromatic N) is 1. The Hall–Kier alpha value is -1.49. The van der Waals surface area contributed by atoms with Crippen LogP contribution in [0.25, 0.3) is 0 Å². The van der Waals surface area contributed by atoms with E-state index in [1.807, 2.05) is 24.3 Å². The molecule has 1 fully saturated rings. The lowest BCUT2D eigenvalue weighted by atomic mass is 10.00. The molecule has 0 spiro atoms. The predicted molar refractivity (Wildman–Crippen MR) is 72.3 cm³/mol. The number of carboxylic acids is 1. The number of hydrogen-bond donors (Lipinski definition) is 1. The number of benzene rings is 1. The summed E-state index contributed by atoms with van der Waals surface area (Å²) >= 11 is 1.68. The highest BCUT2D eigenvalue weighted by atomic mass is 32.2. The largest absolute Gasteiger partial charge is 0.480 e. The van der Waals surface area contributed by atoms with Gasteiger partial charge in [0.05, 0.1) is 5.92 Å². The second kappa shape index (κ2) is 4.89. The van der Waals surface area contributed by atoms with E-state index in [9.17, 15) is 9.59 Å². The van der Waals surface area contributed by atoms with Gasteiger partial charge in [0.25, 0.3) is 0 Å². The van der Waals surface area contributed by atoms with E-state index < -0.39 is 5.97 Å². The van der Waals surface area contributed by atoms with Crippen LogP contribution in [-0.2, 0) is 9.59 Å². The van der Waals surface area contributed by atoms with E-state index in [0.29, 0.717) is 0 Å². The minimum absolute atomic E-state index is 0.0256. The van der Waals surface area contributed by atoms with Gasteiger partial charge in [-0.3, -0.25) is 9.59 Å². The topological polar surface area (TPSA) is 57.6 Å². The number of rotatable bonds is 4. The van der Waals surface area contributed by atoms with Crippen LogP contribution in [0, 0.1) is 0 Å². The van der Waals surface area contributed by atoms with Crippen LogP contribution >= 0.6 is 11.8 Å². The molecule has 0 saturated heterocycles. The molecule has 1 aromatic carbocycles. The lowest BCUT2D eigenvalue weighted by Gasteiger charge is -2.23. The Bertz CT molecular complexity index is 527. The first-order chi connectivity index (χ1) is 9.16. The fourth-order valence-electron chi connectivity index (χ4n) is 2.49. The Labute approximate surface area is 115 Å². The molecule has 1 N–H and O–H groups in total. The van der Waals surface area contributed by atoms with Crippen LogP contribution in [0.2, 0.25) is 0 Å². The molecule has 5 heteroatoms. The van der Waals surface area contributed by atoms with Crippen molar-refractivity contribution < 1.29 is 14.7 Å². The van der Waals surface area contributed by atoms with E-state index >= 15 is 0 Å². The molecule has 1 aliphatic heterocycles. The Morgan fingerprint density at radius 3 is 2.74 bits per heavy atom. The van der Waals surface area contributed by atoms with Crippen LogP contribution in [0.5, 0.6) is 0 Å². The lowest BCUT2D eigenvalue weighted by Crippen LogP contribution is -2.40. The molecular formula is C14H15NO3S. The first kappa shape index (κ1) is 12.5. The minimum Gasteiger partial charge on any atom is -0.480 e. The van der Waals surface area contributed by atoms with Gasteiger partial charge in [0.2, 0.25) is 5.91 Å². The molecule has 19 heavy (non-hydrogen) atoms. The number of carboxylic acid groups (broad SMARTS) is 1. The van der Waals surface area contributed by atoms with E-state index in [2.05, 4.69) is 0 Å². The highest BCUT2D eigenvalue weighted by molar-refractivity contribution is 7.99. The van der Waals surface area contributed by atoms with Crippen LogP contribution in [-0.4, -0.2) is 40.2 Å². The summed E-state index contributed by atoms with van der Waals surface area (Å²) in [5.41, 5.74) is 1.05. The molecule has 1 aromatic rings. The molecule has 0 radical (unpaired) electrons. The van der Waals surface area contributed by atoms with Crippen molar-refractivity contribution >= 4 is 23.6 Å². The van der Waals surface area contributed by atoms with E-state index in [1.165, 1.54) is 0 Å². The Morgan fingerprint density at radius 2 is 2.05 bits per heavy atom. The second-order valence-corrected chi connectivity index (χ2v) is 6.05. The van der Waals surface area contributed by atoms with Gasteiger partial charge in [-0.25, -0.2) is 0 Å². The van der Waals surface area contributed by atoms with Gasteiger partial charge in [-0.1, -0.05) is 18.2 Å². The van der Waals surface area contributed by atoms with E-state index in [4.69, 9.17) is 5.11 Å². The number of hydrogen-bond acceptors (Lipinski definition) is 3. The summed E-state index contributed by atoms with van der Waals surface area (Å²) in [6.07, 6.45) is 1.86. The standard InChI is InChI=1S/C14H15NO3S/c16-13(17)7-15(9-5-6-9)14(18)11-8-19-12-4-2-1-3-10(11)12/h1-4,9,11H,5-8H2,(H,16,17)/t11-/m0/s1. The smallest absolute Gasteiger partial charge is 0.323 e. The zero-order valence-corrected chi connectivity index (χ0v) is 11.2. The Kier molecular flexibility index (Phi) is 3.22. The van der Waals surface area contributed by atoms with Crippen molar-refractivity contribution in [1.29, 1.82) is 0 Å². The molecule has 1 atom stereocenters. The van der Waals surface area contributed by atoms with E-state index in [0.717, 1.165) is 29.1 Å². The Morgan fingerprint density at radius 1 is 1.32 bits per heavy atom. The molecule has 1 heterocycles. The first-order valence-electron chi connectivity index (χ1n) is 6.41. The number of carbonyl (C=O) groups is 2. The monoisotopic (exact) mass is 277 g/mol. The first-order valence-corrected chi connectivity index (χ1v) is 7.39. The van der Waals surface area contributed by atoms with E-state index in [-0.39, 0.29) is 24.4 Å². The maximum absolute atomic E-state index is 12.6. The number of fused-ring (bicyclic) bond motifs is 1. The summed E-state index contributed by atoms with van der Waals surface area (Å²) in [4.78, 5) is 26.2. The predicted octanol–water partition coefficient (Wildman–Crippen LogP) is 1.95. The molecule has 4 nitrogen and oxygen atoms in total. The van der Waals surface area contributed by atoms with Crippen molar-refractivity contribution in [2.24, 2.45) is 0 Å². The number of aliphatic carboxylic acids is 1. The van der Waals surface area contributed by atoms with Crippen molar-refractivity contribution in [3.05, 3.63) is 29.8 Å².